The van der Waals surface area contributed by atoms with E-state index in [1.165, 1.54) is 62.9 Å². The predicted octanol–water partition coefficient (Wildman–Crippen LogP) is 8.91. The fraction of sp³-hybridized carbons (Fsp3) is 0.435. The van der Waals surface area contributed by atoms with Crippen LogP contribution in [0.2, 0.25) is 0 Å². The van der Waals surface area contributed by atoms with Crippen LogP contribution >= 0.6 is 15.9 Å². The summed E-state index contributed by atoms with van der Waals surface area (Å²) in [6, 6.07) is 22.3. The molecule has 4 heterocycles. The number of aromatic nitrogens is 1. The van der Waals surface area contributed by atoms with Crippen LogP contribution in [-0.2, 0) is 23.9 Å². The van der Waals surface area contributed by atoms with E-state index in [4.69, 9.17) is 0 Å². The van der Waals surface area contributed by atoms with E-state index in [0.717, 1.165) is 93.6 Å². The fourth-order valence-corrected chi connectivity index (χ4v) is 7.43. The third-order valence-electron chi connectivity index (χ3n) is 10.7. The Balaban J connectivity index is 0.000000194. The molecule has 61 heavy (non-hydrogen) atoms. The van der Waals surface area contributed by atoms with Gasteiger partial charge in [-0.3, -0.25) is 14.4 Å². The number of piperidine rings is 3. The summed E-state index contributed by atoms with van der Waals surface area (Å²) in [5, 5.41) is 15.2. The van der Waals surface area contributed by atoms with Crippen molar-refractivity contribution in [1.82, 2.24) is 10.3 Å². The molecule has 3 saturated heterocycles. The summed E-state index contributed by atoms with van der Waals surface area (Å²) >= 11 is 3.18. The van der Waals surface area contributed by atoms with Gasteiger partial charge >= 0.3 is 11.9 Å². The number of carbonyl (C=O) groups excluding carboxylic acids is 3. The number of halogens is 4. The molecule has 0 unspecified atom stereocenters. The van der Waals surface area contributed by atoms with Crippen molar-refractivity contribution in [2.24, 2.45) is 17.8 Å². The Morgan fingerprint density at radius 1 is 0.656 bits per heavy atom. The molecule has 4 aromatic rings. The predicted molar refractivity (Wildman–Crippen MR) is 235 cm³/mol. The van der Waals surface area contributed by atoms with Crippen molar-refractivity contribution in [3.63, 3.8) is 0 Å². The number of nitrogens with zero attached hydrogens (tertiary/aromatic N) is 3. The van der Waals surface area contributed by atoms with E-state index in [0.29, 0.717) is 42.8 Å². The Morgan fingerprint density at radius 3 is 1.46 bits per heavy atom. The minimum atomic E-state index is -0.229. The van der Waals surface area contributed by atoms with Crippen LogP contribution in [0.4, 0.5) is 30.4 Å². The van der Waals surface area contributed by atoms with Crippen molar-refractivity contribution in [2.45, 2.75) is 57.8 Å². The molecule has 3 N–H and O–H groups in total. The second-order valence-electron chi connectivity index (χ2n) is 15.2. The van der Waals surface area contributed by atoms with E-state index in [1.807, 2.05) is 0 Å². The topological polar surface area (TPSA) is 133 Å². The molecule has 0 bridgehead atoms. The van der Waals surface area contributed by atoms with Gasteiger partial charge in [0, 0.05) is 61.3 Å². The number of rotatable bonds is 9. The van der Waals surface area contributed by atoms with E-state index in [2.05, 4.69) is 50.8 Å². The molecule has 1 aromatic heterocycles. The summed E-state index contributed by atoms with van der Waals surface area (Å²) in [5.41, 5.74) is 2.07. The number of amides is 1. The number of nitrogens with one attached hydrogen (secondary N) is 2. The van der Waals surface area contributed by atoms with E-state index >= 15 is 0 Å². The van der Waals surface area contributed by atoms with Gasteiger partial charge in [-0.2, -0.15) is 0 Å². The third-order valence-corrected chi connectivity index (χ3v) is 11.3. The summed E-state index contributed by atoms with van der Waals surface area (Å²) in [6.07, 6.45) is 8.88. The summed E-state index contributed by atoms with van der Waals surface area (Å²) in [5.74, 6) is 0.903. The molecule has 1 amide bonds. The molecule has 3 aromatic carbocycles. The zero-order chi connectivity index (χ0) is 44.0. The Labute approximate surface area is 365 Å². The zero-order valence-electron chi connectivity index (χ0n) is 34.8. The molecule has 3 fully saturated rings. The number of benzene rings is 3. The average molecular weight is 913 g/mol. The quantitative estimate of drug-likeness (QED) is 0.140. The van der Waals surface area contributed by atoms with Crippen molar-refractivity contribution in [2.75, 3.05) is 68.6 Å². The second-order valence-corrected chi connectivity index (χ2v) is 16.1. The first-order valence-corrected chi connectivity index (χ1v) is 21.4. The zero-order valence-corrected chi connectivity index (χ0v) is 36.4. The average Bonchev–Trinajstić information content (AvgIpc) is 3.27. The minimum Gasteiger partial charge on any atom is -0.506 e. The number of methoxy groups -OCH3 is 2. The SMILES string of the molecule is COC(=O)CC1CCN(c2ccc(F)cc2)CC1.COC(=O)CC1CCNCC1.Fc1ccc(Br)cc1.O=C(CC1CCN(c2ccc(F)cc2)CC1)Nc1ccc(O)cn1. The Kier molecular flexibility index (Phi) is 20.9. The summed E-state index contributed by atoms with van der Waals surface area (Å²) in [4.78, 5) is 42.5. The molecule has 3 aliphatic heterocycles. The second kappa shape index (κ2) is 26.2. The lowest BCUT2D eigenvalue weighted by atomic mass is 9.93. The molecular formula is C46H57BrF3N5O6. The lowest BCUT2D eigenvalue weighted by Crippen LogP contribution is -2.34. The highest BCUT2D eigenvalue weighted by Gasteiger charge is 2.23. The standard InChI is InChI=1S/C18H20FN3O2.C14H18FNO2.C8H15NO2.C6H4BrF/c19-14-1-3-15(4-2-14)22-9-7-13(8-10-22)11-18(24)21-17-6-5-16(23)12-20-17;1-18-14(17)10-11-6-8-16(9-7-11)13-4-2-12(15)3-5-13;1-11-8(10)6-7-2-4-9-5-3-7;7-5-1-3-6(8)4-2-5/h1-6,12-13,23H,7-11H2,(H,20,21,24);2-5,11H,6-10H2,1H3;7,9H,2-6H2,1H3;1-4H. The van der Waals surface area contributed by atoms with Crippen LogP contribution in [0.15, 0.2) is 95.6 Å². The molecule has 0 radical (unpaired) electrons. The normalized spacial score (nSPS) is 15.7. The van der Waals surface area contributed by atoms with E-state index in [-0.39, 0.29) is 41.0 Å². The maximum atomic E-state index is 13.0. The molecule has 0 aliphatic carbocycles. The number of ether oxygens (including phenoxy) is 2. The van der Waals surface area contributed by atoms with Gasteiger partial charge in [-0.15, -0.1) is 0 Å². The van der Waals surface area contributed by atoms with Crippen LogP contribution in [0.1, 0.15) is 57.8 Å². The van der Waals surface area contributed by atoms with Crippen LogP contribution in [0, 0.1) is 35.2 Å². The highest BCUT2D eigenvalue weighted by atomic mass is 79.9. The number of anilines is 3. The molecule has 3 aliphatic rings. The number of hydrogen-bond acceptors (Lipinski definition) is 10. The van der Waals surface area contributed by atoms with Gasteiger partial charge in [0.1, 0.15) is 29.0 Å². The molecule has 0 atom stereocenters. The number of hydrogen-bond donors (Lipinski definition) is 3. The lowest BCUT2D eigenvalue weighted by Gasteiger charge is -2.33. The van der Waals surface area contributed by atoms with Crippen LogP contribution in [-0.4, -0.2) is 81.4 Å². The first-order chi connectivity index (χ1) is 29.4. The van der Waals surface area contributed by atoms with Crippen LogP contribution in [0.25, 0.3) is 0 Å². The van der Waals surface area contributed by atoms with E-state index in [1.54, 1.807) is 42.5 Å². The van der Waals surface area contributed by atoms with Gasteiger partial charge in [0.2, 0.25) is 5.91 Å². The highest BCUT2D eigenvalue weighted by Crippen LogP contribution is 2.27. The minimum absolute atomic E-state index is 0.0616. The van der Waals surface area contributed by atoms with Gasteiger partial charge in [-0.1, -0.05) is 15.9 Å². The number of carbonyl (C=O) groups is 3. The lowest BCUT2D eigenvalue weighted by molar-refractivity contribution is -0.142. The van der Waals surface area contributed by atoms with Crippen molar-refractivity contribution in [3.8, 4) is 5.75 Å². The van der Waals surface area contributed by atoms with Crippen LogP contribution in [0.3, 0.4) is 0 Å². The van der Waals surface area contributed by atoms with Gasteiger partial charge < -0.3 is 35.0 Å². The van der Waals surface area contributed by atoms with Crippen molar-refractivity contribution >= 4 is 51.0 Å². The van der Waals surface area contributed by atoms with E-state index < -0.39 is 0 Å². The monoisotopic (exact) mass is 911 g/mol. The smallest absolute Gasteiger partial charge is 0.305 e. The maximum absolute atomic E-state index is 13.0. The van der Waals surface area contributed by atoms with Gasteiger partial charge in [0.25, 0.3) is 0 Å². The van der Waals surface area contributed by atoms with Gasteiger partial charge in [0.15, 0.2) is 0 Å². The molecule has 7 rings (SSSR count). The van der Waals surface area contributed by atoms with Crippen LogP contribution in [0.5, 0.6) is 5.75 Å². The molecular weight excluding hydrogens is 855 g/mol. The molecule has 0 saturated carbocycles. The fourth-order valence-electron chi connectivity index (χ4n) is 7.16. The Hall–Kier alpha value is -5.15. The van der Waals surface area contributed by atoms with Crippen molar-refractivity contribution in [3.05, 3.63) is 113 Å². The summed E-state index contributed by atoms with van der Waals surface area (Å²) < 4.78 is 48.1. The first kappa shape index (κ1) is 48.5. The highest BCUT2D eigenvalue weighted by molar-refractivity contribution is 9.10. The van der Waals surface area contributed by atoms with Crippen LogP contribution < -0.4 is 20.4 Å². The first-order valence-electron chi connectivity index (χ1n) is 20.6. The number of esters is 2. The van der Waals surface area contributed by atoms with Gasteiger partial charge in [-0.05, 0) is 154 Å². The van der Waals surface area contributed by atoms with Gasteiger partial charge in [-0.25, -0.2) is 18.2 Å². The van der Waals surface area contributed by atoms with Gasteiger partial charge in [0.05, 0.1) is 20.4 Å². The largest absolute Gasteiger partial charge is 0.506 e. The number of aromatic hydroxyl groups is 1. The number of pyridine rings is 1. The molecule has 330 valence electrons. The maximum Gasteiger partial charge on any atom is 0.305 e. The third kappa shape index (κ3) is 18.6. The molecule has 15 heteroatoms. The van der Waals surface area contributed by atoms with E-state index in [9.17, 15) is 32.7 Å². The summed E-state index contributed by atoms with van der Waals surface area (Å²) in [7, 11) is 2.87. The van der Waals surface area contributed by atoms with Crippen molar-refractivity contribution < 1.29 is 42.1 Å². The molecule has 0 spiro atoms. The molecule has 11 nitrogen and oxygen atoms in total. The van der Waals surface area contributed by atoms with Crippen molar-refractivity contribution in [1.29, 1.82) is 0 Å². The Bertz CT molecular complexity index is 1870. The summed E-state index contributed by atoms with van der Waals surface area (Å²) in [6.45, 7) is 5.63. The Morgan fingerprint density at radius 2 is 1.07 bits per heavy atom.